The Kier molecular flexibility index (Phi) is 1.85. The first-order valence-corrected chi connectivity index (χ1v) is 5.97. The summed E-state index contributed by atoms with van der Waals surface area (Å²) in [7, 11) is 0. The van der Waals surface area contributed by atoms with Crippen molar-refractivity contribution in [2.24, 2.45) is 0 Å². The molecule has 0 radical (unpaired) electrons. The van der Waals surface area contributed by atoms with Crippen LogP contribution in [-0.2, 0) is 4.74 Å². The predicted molar refractivity (Wildman–Crippen MR) is 71.2 cm³/mol. The first-order valence-electron chi connectivity index (χ1n) is 5.97. The fourth-order valence-electron chi connectivity index (χ4n) is 2.67. The summed E-state index contributed by atoms with van der Waals surface area (Å²) in [6, 6.07) is 15.3. The monoisotopic (exact) mass is 248 g/mol. The predicted octanol–water partition coefficient (Wildman–Crippen LogP) is 3.30. The second-order valence-electron chi connectivity index (χ2n) is 4.55. The molecule has 0 aliphatic carbocycles. The van der Waals surface area contributed by atoms with Crippen LogP contribution in [-0.4, -0.2) is 11.9 Å². The average molecular weight is 248 g/mol. The molecule has 0 unspecified atom stereocenters. The normalized spacial score (nSPS) is 13.9. The third-order valence-electron chi connectivity index (χ3n) is 3.52. The lowest BCUT2D eigenvalue weighted by Crippen LogP contribution is -1.97. The molecule has 3 nitrogen and oxygen atoms in total. The van der Waals surface area contributed by atoms with Crippen LogP contribution in [0.3, 0.4) is 0 Å². The number of hydrogen-bond acceptors (Lipinski definition) is 3. The Morgan fingerprint density at radius 1 is 0.737 bits per heavy atom. The number of fused-ring (bicyclic) bond motifs is 5. The Morgan fingerprint density at radius 2 is 1.47 bits per heavy atom. The number of hydrogen-bond donors (Lipinski definition) is 0. The summed E-state index contributed by atoms with van der Waals surface area (Å²) in [4.78, 5) is 23.5. The SMILES string of the molecule is O=C1OC(=O)c2c1ccc1ccc3ccccc3c21. The molecule has 1 aliphatic heterocycles. The second-order valence-corrected chi connectivity index (χ2v) is 4.55. The van der Waals surface area contributed by atoms with Crippen molar-refractivity contribution in [2.45, 2.75) is 0 Å². The van der Waals surface area contributed by atoms with Gasteiger partial charge in [-0.2, -0.15) is 0 Å². The Balaban J connectivity index is 2.30. The average Bonchev–Trinajstić information content (AvgIpc) is 2.73. The minimum absolute atomic E-state index is 0.355. The number of ether oxygens (including phenoxy) is 1. The fraction of sp³-hybridized carbons (Fsp3) is 0. The molecule has 1 aliphatic rings. The largest absolute Gasteiger partial charge is 0.386 e. The maximum atomic E-state index is 11.9. The van der Waals surface area contributed by atoms with E-state index in [0.29, 0.717) is 11.1 Å². The standard InChI is InChI=1S/C16H8O3/c17-15-12-8-7-10-6-5-9-3-1-2-4-11(9)13(10)14(12)16(18)19-15/h1-8H. The van der Waals surface area contributed by atoms with Gasteiger partial charge >= 0.3 is 11.9 Å². The summed E-state index contributed by atoms with van der Waals surface area (Å²) in [5.74, 6) is -1.11. The van der Waals surface area contributed by atoms with Crippen molar-refractivity contribution in [3.63, 3.8) is 0 Å². The molecule has 0 spiro atoms. The van der Waals surface area contributed by atoms with E-state index in [2.05, 4.69) is 0 Å². The highest BCUT2D eigenvalue weighted by atomic mass is 16.6. The maximum absolute atomic E-state index is 11.9. The van der Waals surface area contributed by atoms with E-state index >= 15 is 0 Å². The van der Waals surface area contributed by atoms with Gasteiger partial charge in [0.1, 0.15) is 0 Å². The number of rotatable bonds is 0. The molecule has 90 valence electrons. The highest BCUT2D eigenvalue weighted by Gasteiger charge is 2.31. The molecule has 3 aromatic rings. The van der Waals surface area contributed by atoms with E-state index in [4.69, 9.17) is 4.74 Å². The summed E-state index contributed by atoms with van der Waals surface area (Å²) in [5.41, 5.74) is 0.744. The van der Waals surface area contributed by atoms with E-state index < -0.39 is 11.9 Å². The van der Waals surface area contributed by atoms with Crippen molar-refractivity contribution in [3.8, 4) is 0 Å². The zero-order valence-corrected chi connectivity index (χ0v) is 9.84. The summed E-state index contributed by atoms with van der Waals surface area (Å²) in [6.07, 6.45) is 0. The quantitative estimate of drug-likeness (QED) is 0.348. The lowest BCUT2D eigenvalue weighted by atomic mass is 9.95. The van der Waals surface area contributed by atoms with Crippen molar-refractivity contribution < 1.29 is 14.3 Å². The Hall–Kier alpha value is -2.68. The molecule has 3 aromatic carbocycles. The van der Waals surface area contributed by atoms with E-state index in [1.165, 1.54) is 0 Å². The molecular weight excluding hydrogens is 240 g/mol. The first-order chi connectivity index (χ1) is 9.25. The molecule has 0 saturated carbocycles. The Labute approximate surface area is 108 Å². The van der Waals surface area contributed by atoms with Crippen LogP contribution in [0.2, 0.25) is 0 Å². The van der Waals surface area contributed by atoms with Gasteiger partial charge in [-0.05, 0) is 22.2 Å². The molecule has 1 heterocycles. The van der Waals surface area contributed by atoms with Gasteiger partial charge in [0.05, 0.1) is 11.1 Å². The number of carbonyl (C=O) groups excluding carboxylic acids is 2. The van der Waals surface area contributed by atoms with E-state index in [9.17, 15) is 9.59 Å². The summed E-state index contributed by atoms with van der Waals surface area (Å²) < 4.78 is 4.71. The van der Waals surface area contributed by atoms with Gasteiger partial charge in [-0.3, -0.25) is 0 Å². The number of benzene rings is 3. The van der Waals surface area contributed by atoms with Crippen LogP contribution in [0, 0.1) is 0 Å². The van der Waals surface area contributed by atoms with Gasteiger partial charge in [0, 0.05) is 5.39 Å². The zero-order chi connectivity index (χ0) is 13.0. The lowest BCUT2D eigenvalue weighted by molar-refractivity contribution is 0.0444. The molecular formula is C16H8O3. The molecule has 4 rings (SSSR count). The minimum atomic E-state index is -0.560. The van der Waals surface area contributed by atoms with Crippen LogP contribution >= 0.6 is 0 Å². The van der Waals surface area contributed by atoms with Gasteiger partial charge < -0.3 is 4.74 Å². The van der Waals surface area contributed by atoms with E-state index in [-0.39, 0.29) is 0 Å². The summed E-state index contributed by atoms with van der Waals surface area (Å²) in [6.45, 7) is 0. The third-order valence-corrected chi connectivity index (χ3v) is 3.52. The molecule has 19 heavy (non-hydrogen) atoms. The molecule has 0 aromatic heterocycles. The highest BCUT2D eigenvalue weighted by molar-refractivity contribution is 6.25. The van der Waals surface area contributed by atoms with Crippen LogP contribution in [0.1, 0.15) is 20.7 Å². The molecule has 3 heteroatoms. The number of cyclic esters (lactones) is 2. The zero-order valence-electron chi connectivity index (χ0n) is 9.84. The summed E-state index contributed by atoms with van der Waals surface area (Å²) >= 11 is 0. The van der Waals surface area contributed by atoms with Gasteiger partial charge in [-0.25, -0.2) is 9.59 Å². The smallest absolute Gasteiger partial charge is 0.347 e. The maximum Gasteiger partial charge on any atom is 0.347 e. The number of esters is 2. The van der Waals surface area contributed by atoms with Crippen molar-refractivity contribution in [3.05, 3.63) is 59.7 Å². The van der Waals surface area contributed by atoms with Gasteiger partial charge in [0.15, 0.2) is 0 Å². The van der Waals surface area contributed by atoms with E-state index in [1.54, 1.807) is 6.07 Å². The van der Waals surface area contributed by atoms with Crippen molar-refractivity contribution in [1.29, 1.82) is 0 Å². The van der Waals surface area contributed by atoms with Crippen LogP contribution in [0.4, 0.5) is 0 Å². The Morgan fingerprint density at radius 3 is 2.37 bits per heavy atom. The Bertz CT molecular complexity index is 878. The molecule has 0 bridgehead atoms. The molecule has 0 amide bonds. The minimum Gasteiger partial charge on any atom is -0.386 e. The topological polar surface area (TPSA) is 43.4 Å². The van der Waals surface area contributed by atoms with E-state index in [1.807, 2.05) is 42.5 Å². The van der Waals surface area contributed by atoms with Gasteiger partial charge in [0.2, 0.25) is 0 Å². The highest BCUT2D eigenvalue weighted by Crippen LogP contribution is 2.33. The molecule has 0 N–H and O–H groups in total. The van der Waals surface area contributed by atoms with Crippen LogP contribution in [0.15, 0.2) is 48.5 Å². The number of carbonyl (C=O) groups is 2. The second kappa shape index (κ2) is 3.42. The van der Waals surface area contributed by atoms with Crippen molar-refractivity contribution in [2.75, 3.05) is 0 Å². The summed E-state index contributed by atoms with van der Waals surface area (Å²) in [5, 5.41) is 3.73. The first kappa shape index (κ1) is 10.3. The molecule has 0 fully saturated rings. The van der Waals surface area contributed by atoms with Crippen LogP contribution in [0.25, 0.3) is 21.5 Å². The van der Waals surface area contributed by atoms with Crippen molar-refractivity contribution >= 4 is 33.5 Å². The van der Waals surface area contributed by atoms with Gasteiger partial charge in [-0.15, -0.1) is 0 Å². The lowest BCUT2D eigenvalue weighted by Gasteiger charge is -2.06. The van der Waals surface area contributed by atoms with Crippen LogP contribution in [0.5, 0.6) is 0 Å². The van der Waals surface area contributed by atoms with Crippen molar-refractivity contribution in [1.82, 2.24) is 0 Å². The van der Waals surface area contributed by atoms with Crippen LogP contribution < -0.4 is 0 Å². The van der Waals surface area contributed by atoms with Gasteiger partial charge in [0.25, 0.3) is 0 Å². The van der Waals surface area contributed by atoms with E-state index in [0.717, 1.165) is 21.5 Å². The molecule has 0 atom stereocenters. The van der Waals surface area contributed by atoms with Gasteiger partial charge in [-0.1, -0.05) is 42.5 Å². The molecule has 0 saturated heterocycles. The fourth-order valence-corrected chi connectivity index (χ4v) is 2.67. The third kappa shape index (κ3) is 1.27.